The number of ether oxygens (including phenoxy) is 3. The average Bonchev–Trinajstić information content (AvgIpc) is 2.49. The number of esters is 1. The molecule has 0 saturated heterocycles. The van der Waals surface area contributed by atoms with E-state index in [-0.39, 0.29) is 0 Å². The summed E-state index contributed by atoms with van der Waals surface area (Å²) >= 11 is 0. The van der Waals surface area contributed by atoms with Crippen LogP contribution in [0.5, 0.6) is 17.2 Å². The van der Waals surface area contributed by atoms with Crippen molar-refractivity contribution in [2.24, 2.45) is 0 Å². The zero-order valence-corrected chi connectivity index (χ0v) is 11.5. The average molecular weight is 272 g/mol. The maximum atomic E-state index is 12.0. The lowest BCUT2D eigenvalue weighted by Gasteiger charge is -2.09. The zero-order valence-electron chi connectivity index (χ0n) is 11.5. The summed E-state index contributed by atoms with van der Waals surface area (Å²) < 4.78 is 15.8. The van der Waals surface area contributed by atoms with Gasteiger partial charge in [-0.05, 0) is 43.3 Å². The van der Waals surface area contributed by atoms with Gasteiger partial charge in [0, 0.05) is 0 Å². The van der Waals surface area contributed by atoms with Gasteiger partial charge in [0.2, 0.25) is 0 Å². The highest BCUT2D eigenvalue weighted by atomic mass is 16.6. The van der Waals surface area contributed by atoms with E-state index >= 15 is 0 Å². The number of methoxy groups -OCH3 is 1. The highest BCUT2D eigenvalue weighted by molar-refractivity contribution is 5.91. The van der Waals surface area contributed by atoms with Gasteiger partial charge in [-0.1, -0.05) is 12.1 Å². The molecule has 0 saturated carbocycles. The topological polar surface area (TPSA) is 44.8 Å². The second kappa shape index (κ2) is 6.61. The van der Waals surface area contributed by atoms with Crippen LogP contribution in [0.1, 0.15) is 17.3 Å². The molecule has 4 nitrogen and oxygen atoms in total. The van der Waals surface area contributed by atoms with Crippen LogP contribution in [0.15, 0.2) is 48.5 Å². The van der Waals surface area contributed by atoms with Crippen LogP contribution < -0.4 is 14.2 Å². The first-order valence-corrected chi connectivity index (χ1v) is 6.32. The molecule has 0 radical (unpaired) electrons. The molecule has 0 aliphatic rings. The van der Waals surface area contributed by atoms with E-state index in [2.05, 4.69) is 0 Å². The minimum atomic E-state index is -0.433. The molecule has 0 heterocycles. The lowest BCUT2D eigenvalue weighted by Crippen LogP contribution is -2.09. The second-order valence-electron chi connectivity index (χ2n) is 4.00. The van der Waals surface area contributed by atoms with E-state index in [4.69, 9.17) is 14.2 Å². The predicted octanol–water partition coefficient (Wildman–Crippen LogP) is 3.31. The number of carbonyl (C=O) groups is 1. The highest BCUT2D eigenvalue weighted by Gasteiger charge is 2.11. The van der Waals surface area contributed by atoms with Crippen LogP contribution >= 0.6 is 0 Å². The van der Waals surface area contributed by atoms with E-state index in [1.165, 1.54) is 7.11 Å². The zero-order chi connectivity index (χ0) is 14.4. The molecule has 4 heteroatoms. The van der Waals surface area contributed by atoms with Crippen molar-refractivity contribution in [3.05, 3.63) is 54.1 Å². The standard InChI is InChI=1S/C16H16O4/c1-3-19-13-10-8-12(9-11-13)16(17)20-15-7-5-4-6-14(15)18-2/h4-11H,3H2,1-2H3. The third-order valence-electron chi connectivity index (χ3n) is 2.67. The fourth-order valence-electron chi connectivity index (χ4n) is 1.72. The summed E-state index contributed by atoms with van der Waals surface area (Å²) in [5.74, 6) is 1.21. The minimum absolute atomic E-state index is 0.397. The van der Waals surface area contributed by atoms with E-state index in [1.54, 1.807) is 42.5 Å². The lowest BCUT2D eigenvalue weighted by molar-refractivity contribution is 0.0729. The molecular formula is C16H16O4. The van der Waals surface area contributed by atoms with E-state index in [0.29, 0.717) is 23.7 Å². The summed E-state index contributed by atoms with van der Waals surface area (Å²) in [5.41, 5.74) is 0.458. The fourth-order valence-corrected chi connectivity index (χ4v) is 1.72. The van der Waals surface area contributed by atoms with Crippen LogP contribution in [-0.4, -0.2) is 19.7 Å². The van der Waals surface area contributed by atoms with Crippen molar-refractivity contribution in [3.8, 4) is 17.2 Å². The molecule has 0 spiro atoms. The molecule has 0 amide bonds. The molecule has 0 fully saturated rings. The molecule has 0 bridgehead atoms. The largest absolute Gasteiger partial charge is 0.494 e. The molecule has 0 unspecified atom stereocenters. The maximum Gasteiger partial charge on any atom is 0.343 e. The van der Waals surface area contributed by atoms with Crippen molar-refractivity contribution in [2.75, 3.05) is 13.7 Å². The Morgan fingerprint density at radius 1 is 1.00 bits per heavy atom. The van der Waals surface area contributed by atoms with Crippen LogP contribution in [0.4, 0.5) is 0 Å². The molecular weight excluding hydrogens is 256 g/mol. The normalized spacial score (nSPS) is 9.90. The van der Waals surface area contributed by atoms with Crippen LogP contribution in [-0.2, 0) is 0 Å². The Morgan fingerprint density at radius 2 is 1.65 bits per heavy atom. The van der Waals surface area contributed by atoms with E-state index < -0.39 is 5.97 Å². The van der Waals surface area contributed by atoms with Crippen molar-refractivity contribution in [1.29, 1.82) is 0 Å². The molecule has 0 aliphatic carbocycles. The summed E-state index contributed by atoms with van der Waals surface area (Å²) in [6, 6.07) is 13.8. The van der Waals surface area contributed by atoms with Gasteiger partial charge in [0.15, 0.2) is 11.5 Å². The van der Waals surface area contributed by atoms with Crippen LogP contribution in [0.25, 0.3) is 0 Å². The van der Waals surface area contributed by atoms with Crippen molar-refractivity contribution >= 4 is 5.97 Å². The molecule has 2 aromatic rings. The predicted molar refractivity (Wildman–Crippen MR) is 75.6 cm³/mol. The smallest absolute Gasteiger partial charge is 0.343 e. The Kier molecular flexibility index (Phi) is 4.60. The number of hydrogen-bond acceptors (Lipinski definition) is 4. The monoisotopic (exact) mass is 272 g/mol. The van der Waals surface area contributed by atoms with Gasteiger partial charge in [0.05, 0.1) is 19.3 Å². The Balaban J connectivity index is 2.11. The van der Waals surface area contributed by atoms with Gasteiger partial charge in [-0.15, -0.1) is 0 Å². The van der Waals surface area contributed by atoms with Crippen LogP contribution in [0, 0.1) is 0 Å². The summed E-state index contributed by atoms with van der Waals surface area (Å²) in [6.45, 7) is 2.49. The van der Waals surface area contributed by atoms with Crippen molar-refractivity contribution in [3.63, 3.8) is 0 Å². The summed E-state index contributed by atoms with van der Waals surface area (Å²) in [4.78, 5) is 12.0. The van der Waals surface area contributed by atoms with E-state index in [9.17, 15) is 4.79 Å². The molecule has 2 aromatic carbocycles. The lowest BCUT2D eigenvalue weighted by atomic mass is 10.2. The SMILES string of the molecule is CCOc1ccc(C(=O)Oc2ccccc2OC)cc1. The Bertz CT molecular complexity index is 575. The van der Waals surface area contributed by atoms with Gasteiger partial charge in [-0.25, -0.2) is 4.79 Å². The first-order valence-electron chi connectivity index (χ1n) is 6.32. The maximum absolute atomic E-state index is 12.0. The molecule has 20 heavy (non-hydrogen) atoms. The van der Waals surface area contributed by atoms with Gasteiger partial charge in [-0.2, -0.15) is 0 Å². The first-order chi connectivity index (χ1) is 9.74. The van der Waals surface area contributed by atoms with Crippen LogP contribution in [0.2, 0.25) is 0 Å². The number of hydrogen-bond donors (Lipinski definition) is 0. The third-order valence-corrected chi connectivity index (χ3v) is 2.67. The number of rotatable bonds is 5. The fraction of sp³-hybridized carbons (Fsp3) is 0.188. The molecule has 2 rings (SSSR count). The van der Waals surface area contributed by atoms with Gasteiger partial charge in [0.1, 0.15) is 5.75 Å². The Labute approximate surface area is 117 Å². The van der Waals surface area contributed by atoms with Gasteiger partial charge >= 0.3 is 5.97 Å². The van der Waals surface area contributed by atoms with E-state index in [1.807, 2.05) is 13.0 Å². The summed E-state index contributed by atoms with van der Waals surface area (Å²) in [6.07, 6.45) is 0. The molecule has 0 aliphatic heterocycles. The summed E-state index contributed by atoms with van der Waals surface area (Å²) in [5, 5.41) is 0. The van der Waals surface area contributed by atoms with Crippen molar-refractivity contribution < 1.29 is 19.0 Å². The van der Waals surface area contributed by atoms with Gasteiger partial charge < -0.3 is 14.2 Å². The quantitative estimate of drug-likeness (QED) is 0.618. The number of carbonyl (C=O) groups excluding carboxylic acids is 1. The number of para-hydroxylation sites is 2. The van der Waals surface area contributed by atoms with Gasteiger partial charge in [0.25, 0.3) is 0 Å². The first kappa shape index (κ1) is 13.9. The molecule has 0 atom stereocenters. The Hall–Kier alpha value is -2.49. The number of benzene rings is 2. The van der Waals surface area contributed by atoms with Gasteiger partial charge in [-0.3, -0.25) is 0 Å². The van der Waals surface area contributed by atoms with E-state index in [0.717, 1.165) is 5.75 Å². The second-order valence-corrected chi connectivity index (χ2v) is 4.00. The highest BCUT2D eigenvalue weighted by Crippen LogP contribution is 2.26. The Morgan fingerprint density at radius 3 is 2.25 bits per heavy atom. The third kappa shape index (κ3) is 3.29. The molecule has 104 valence electrons. The van der Waals surface area contributed by atoms with Crippen molar-refractivity contribution in [1.82, 2.24) is 0 Å². The van der Waals surface area contributed by atoms with Crippen molar-refractivity contribution in [2.45, 2.75) is 6.92 Å². The summed E-state index contributed by atoms with van der Waals surface area (Å²) in [7, 11) is 1.53. The van der Waals surface area contributed by atoms with Crippen LogP contribution in [0.3, 0.4) is 0 Å². The molecule has 0 N–H and O–H groups in total. The minimum Gasteiger partial charge on any atom is -0.494 e. The molecule has 0 aromatic heterocycles.